The van der Waals surface area contributed by atoms with E-state index in [0.717, 1.165) is 34.0 Å². The highest BCUT2D eigenvalue weighted by Gasteiger charge is 2.10. The lowest BCUT2D eigenvalue weighted by atomic mass is 10.3. The Hall–Kier alpha value is -1.42. The highest BCUT2D eigenvalue weighted by Crippen LogP contribution is 2.24. The fourth-order valence-electron chi connectivity index (χ4n) is 1.89. The highest BCUT2D eigenvalue weighted by atomic mass is 79.9. The molecule has 0 spiro atoms. The summed E-state index contributed by atoms with van der Waals surface area (Å²) in [6, 6.07) is 10.2. The number of rotatable bonds is 3. The van der Waals surface area contributed by atoms with Crippen LogP contribution in [0.5, 0.6) is 0 Å². The summed E-state index contributed by atoms with van der Waals surface area (Å²) in [5.41, 5.74) is 3.09. The largest absolute Gasteiger partial charge is 0.311 e. The van der Waals surface area contributed by atoms with E-state index in [2.05, 4.69) is 49.9 Å². The Balaban J connectivity index is 2.41. The van der Waals surface area contributed by atoms with E-state index < -0.39 is 0 Å². The first kappa shape index (κ1) is 13.0. The number of hydrogen-bond donors (Lipinski definition) is 0. The van der Waals surface area contributed by atoms with Crippen molar-refractivity contribution in [2.45, 2.75) is 20.8 Å². The quantitative estimate of drug-likeness (QED) is 0.858. The monoisotopic (exact) mass is 305 g/mol. The number of anilines is 2. The summed E-state index contributed by atoms with van der Waals surface area (Å²) in [5, 5.41) is 0. The molecule has 1 aromatic heterocycles. The van der Waals surface area contributed by atoms with Gasteiger partial charge in [-0.3, -0.25) is 0 Å². The van der Waals surface area contributed by atoms with Gasteiger partial charge in [0.25, 0.3) is 0 Å². The van der Waals surface area contributed by atoms with Crippen LogP contribution in [0.25, 0.3) is 0 Å². The fourth-order valence-corrected chi connectivity index (χ4v) is 2.15. The average molecular weight is 306 g/mol. The molecule has 0 bridgehead atoms. The van der Waals surface area contributed by atoms with Crippen molar-refractivity contribution >= 4 is 27.6 Å². The second-order valence-electron chi connectivity index (χ2n) is 4.17. The van der Waals surface area contributed by atoms with Crippen molar-refractivity contribution in [3.63, 3.8) is 0 Å². The van der Waals surface area contributed by atoms with Gasteiger partial charge in [0.15, 0.2) is 0 Å². The maximum Gasteiger partial charge on any atom is 0.230 e. The van der Waals surface area contributed by atoms with Gasteiger partial charge in [-0.15, -0.1) is 0 Å². The first-order valence-corrected chi connectivity index (χ1v) is 6.75. The van der Waals surface area contributed by atoms with Crippen molar-refractivity contribution in [2.75, 3.05) is 11.4 Å². The first-order chi connectivity index (χ1) is 8.60. The lowest BCUT2D eigenvalue weighted by Crippen LogP contribution is -2.19. The van der Waals surface area contributed by atoms with Crippen LogP contribution in [0, 0.1) is 13.8 Å². The van der Waals surface area contributed by atoms with Gasteiger partial charge in [-0.1, -0.05) is 15.9 Å². The predicted octanol–water partition coefficient (Wildman–Crippen LogP) is 4.01. The molecule has 0 N–H and O–H groups in total. The van der Waals surface area contributed by atoms with Gasteiger partial charge in [-0.25, -0.2) is 9.97 Å². The Morgan fingerprint density at radius 1 is 1.06 bits per heavy atom. The Labute approximate surface area is 116 Å². The van der Waals surface area contributed by atoms with E-state index in [0.29, 0.717) is 0 Å². The van der Waals surface area contributed by atoms with Crippen LogP contribution in [0.2, 0.25) is 0 Å². The van der Waals surface area contributed by atoms with Gasteiger partial charge >= 0.3 is 0 Å². The molecule has 0 amide bonds. The van der Waals surface area contributed by atoms with Crippen molar-refractivity contribution in [3.8, 4) is 0 Å². The van der Waals surface area contributed by atoms with Crippen molar-refractivity contribution < 1.29 is 0 Å². The molecule has 3 nitrogen and oxygen atoms in total. The van der Waals surface area contributed by atoms with E-state index in [-0.39, 0.29) is 0 Å². The molecule has 4 heteroatoms. The topological polar surface area (TPSA) is 29.0 Å². The Morgan fingerprint density at radius 3 is 2.11 bits per heavy atom. The summed E-state index contributed by atoms with van der Waals surface area (Å²) in [6.45, 7) is 6.93. The zero-order valence-corrected chi connectivity index (χ0v) is 12.4. The van der Waals surface area contributed by atoms with Crippen LogP contribution >= 0.6 is 15.9 Å². The molecule has 0 saturated heterocycles. The van der Waals surface area contributed by atoms with Crippen LogP contribution in [-0.2, 0) is 0 Å². The molecule has 18 heavy (non-hydrogen) atoms. The summed E-state index contributed by atoms with van der Waals surface area (Å²) in [5.74, 6) is 0.761. The third kappa shape index (κ3) is 2.88. The molecule has 1 heterocycles. The molecule has 0 aliphatic rings. The first-order valence-electron chi connectivity index (χ1n) is 5.95. The lowest BCUT2D eigenvalue weighted by molar-refractivity contribution is 0.920. The lowest BCUT2D eigenvalue weighted by Gasteiger charge is -2.21. The van der Waals surface area contributed by atoms with E-state index >= 15 is 0 Å². The second kappa shape index (κ2) is 5.48. The van der Waals surface area contributed by atoms with Gasteiger partial charge in [0.1, 0.15) is 0 Å². The Morgan fingerprint density at radius 2 is 1.61 bits per heavy atom. The third-order valence-electron chi connectivity index (χ3n) is 2.67. The molecule has 94 valence electrons. The van der Waals surface area contributed by atoms with Gasteiger partial charge in [0.2, 0.25) is 5.95 Å². The summed E-state index contributed by atoms with van der Waals surface area (Å²) >= 11 is 3.45. The minimum absolute atomic E-state index is 0.761. The zero-order valence-electron chi connectivity index (χ0n) is 10.8. The molecule has 0 radical (unpaired) electrons. The van der Waals surface area contributed by atoms with Crippen LogP contribution in [0.1, 0.15) is 18.3 Å². The summed E-state index contributed by atoms with van der Waals surface area (Å²) in [6.07, 6.45) is 0. The van der Waals surface area contributed by atoms with Gasteiger partial charge in [0.05, 0.1) is 0 Å². The molecule has 0 aliphatic carbocycles. The Bertz CT molecular complexity index is 517. The van der Waals surface area contributed by atoms with Crippen molar-refractivity contribution in [1.82, 2.24) is 9.97 Å². The number of hydrogen-bond acceptors (Lipinski definition) is 3. The zero-order chi connectivity index (χ0) is 13.1. The van der Waals surface area contributed by atoms with Crippen LogP contribution in [-0.4, -0.2) is 16.5 Å². The molecule has 2 rings (SSSR count). The SMILES string of the molecule is CCN(c1ccc(Br)cc1)c1nc(C)cc(C)n1. The molecule has 1 aromatic carbocycles. The van der Waals surface area contributed by atoms with Crippen LogP contribution < -0.4 is 4.90 Å². The molecule has 0 fully saturated rings. The molecular formula is C14H16BrN3. The fraction of sp³-hybridized carbons (Fsp3) is 0.286. The predicted molar refractivity (Wildman–Crippen MR) is 78.3 cm³/mol. The molecule has 0 unspecified atom stereocenters. The summed E-state index contributed by atoms with van der Waals surface area (Å²) in [7, 11) is 0. The van der Waals surface area contributed by atoms with Crippen molar-refractivity contribution in [3.05, 3.63) is 46.2 Å². The van der Waals surface area contributed by atoms with E-state index in [1.165, 1.54) is 0 Å². The van der Waals surface area contributed by atoms with E-state index in [4.69, 9.17) is 0 Å². The number of benzene rings is 1. The summed E-state index contributed by atoms with van der Waals surface area (Å²) < 4.78 is 1.07. The standard InChI is InChI=1S/C14H16BrN3/c1-4-18(13-7-5-12(15)6-8-13)14-16-10(2)9-11(3)17-14/h5-9H,4H2,1-3H3. The van der Waals surface area contributed by atoms with E-state index in [9.17, 15) is 0 Å². The maximum atomic E-state index is 4.51. The molecule has 0 saturated carbocycles. The maximum absolute atomic E-state index is 4.51. The van der Waals surface area contributed by atoms with Gasteiger partial charge in [-0.05, 0) is 51.1 Å². The normalized spacial score (nSPS) is 10.4. The van der Waals surface area contributed by atoms with Crippen molar-refractivity contribution in [2.24, 2.45) is 0 Å². The minimum Gasteiger partial charge on any atom is -0.311 e. The molecule has 0 atom stereocenters. The van der Waals surface area contributed by atoms with E-state index in [1.54, 1.807) is 0 Å². The third-order valence-corrected chi connectivity index (χ3v) is 3.20. The molecular weight excluding hydrogens is 290 g/mol. The van der Waals surface area contributed by atoms with Gasteiger partial charge in [0, 0.05) is 28.1 Å². The number of aromatic nitrogens is 2. The number of nitrogens with zero attached hydrogens (tertiary/aromatic N) is 3. The number of aryl methyl sites for hydroxylation is 2. The van der Waals surface area contributed by atoms with Gasteiger partial charge < -0.3 is 4.90 Å². The summed E-state index contributed by atoms with van der Waals surface area (Å²) in [4.78, 5) is 11.1. The van der Waals surface area contributed by atoms with Crippen LogP contribution in [0.3, 0.4) is 0 Å². The minimum atomic E-state index is 0.761. The highest BCUT2D eigenvalue weighted by molar-refractivity contribution is 9.10. The molecule has 0 aliphatic heterocycles. The second-order valence-corrected chi connectivity index (χ2v) is 5.09. The van der Waals surface area contributed by atoms with Crippen molar-refractivity contribution in [1.29, 1.82) is 0 Å². The van der Waals surface area contributed by atoms with E-state index in [1.807, 2.05) is 32.0 Å². The van der Waals surface area contributed by atoms with Crippen LogP contribution in [0.4, 0.5) is 11.6 Å². The molecule has 2 aromatic rings. The Kier molecular flexibility index (Phi) is 3.97. The number of halogens is 1. The average Bonchev–Trinajstić information content (AvgIpc) is 2.31. The van der Waals surface area contributed by atoms with Crippen LogP contribution in [0.15, 0.2) is 34.8 Å². The smallest absolute Gasteiger partial charge is 0.230 e. The van der Waals surface area contributed by atoms with Gasteiger partial charge in [-0.2, -0.15) is 0 Å².